The number of carboxylic acids is 1. The summed E-state index contributed by atoms with van der Waals surface area (Å²) in [7, 11) is 0. The number of nitrogens with zero attached hydrogens (tertiary/aromatic N) is 1. The van der Waals surface area contributed by atoms with Crippen LogP contribution in [0.15, 0.2) is 22.8 Å². The van der Waals surface area contributed by atoms with Crippen LogP contribution in [0.1, 0.15) is 30.8 Å². The SMILES string of the molecule is CCC(C(=O)O)c1nc(-c2ccco2)c(C)[nH]1. The highest BCUT2D eigenvalue weighted by molar-refractivity contribution is 5.75. The molecule has 17 heavy (non-hydrogen) atoms. The van der Waals surface area contributed by atoms with Crippen LogP contribution in [0.25, 0.3) is 11.5 Å². The highest BCUT2D eigenvalue weighted by atomic mass is 16.4. The van der Waals surface area contributed by atoms with Crippen molar-refractivity contribution in [2.45, 2.75) is 26.2 Å². The van der Waals surface area contributed by atoms with E-state index in [0.29, 0.717) is 23.7 Å². The van der Waals surface area contributed by atoms with Gasteiger partial charge < -0.3 is 14.5 Å². The molecule has 5 nitrogen and oxygen atoms in total. The Kier molecular flexibility index (Phi) is 2.99. The molecule has 1 atom stereocenters. The summed E-state index contributed by atoms with van der Waals surface area (Å²) in [5, 5.41) is 9.07. The molecule has 2 aromatic heterocycles. The van der Waals surface area contributed by atoms with E-state index in [9.17, 15) is 4.79 Å². The van der Waals surface area contributed by atoms with Gasteiger partial charge in [-0.25, -0.2) is 4.98 Å². The Balaban J connectivity index is 2.40. The molecule has 2 N–H and O–H groups in total. The zero-order valence-corrected chi connectivity index (χ0v) is 9.73. The van der Waals surface area contributed by atoms with Gasteiger partial charge in [0.2, 0.25) is 0 Å². The Morgan fingerprint density at radius 3 is 2.94 bits per heavy atom. The van der Waals surface area contributed by atoms with Crippen LogP contribution < -0.4 is 0 Å². The normalized spacial score (nSPS) is 12.6. The van der Waals surface area contributed by atoms with Gasteiger partial charge in [0.1, 0.15) is 17.4 Å². The fourth-order valence-corrected chi connectivity index (χ4v) is 1.79. The van der Waals surface area contributed by atoms with E-state index in [-0.39, 0.29) is 0 Å². The molecule has 0 amide bonds. The number of carbonyl (C=O) groups is 1. The molecule has 0 saturated carbocycles. The molecule has 2 heterocycles. The van der Waals surface area contributed by atoms with Gasteiger partial charge in [-0.15, -0.1) is 0 Å². The molecule has 0 spiro atoms. The van der Waals surface area contributed by atoms with Crippen molar-refractivity contribution in [3.63, 3.8) is 0 Å². The van der Waals surface area contributed by atoms with Gasteiger partial charge in [0, 0.05) is 5.69 Å². The molecule has 0 aliphatic heterocycles. The third-order valence-corrected chi connectivity index (χ3v) is 2.69. The average Bonchev–Trinajstić information content (AvgIpc) is 2.87. The van der Waals surface area contributed by atoms with Crippen molar-refractivity contribution in [2.24, 2.45) is 0 Å². The fourth-order valence-electron chi connectivity index (χ4n) is 1.79. The summed E-state index contributed by atoms with van der Waals surface area (Å²) >= 11 is 0. The smallest absolute Gasteiger partial charge is 0.314 e. The van der Waals surface area contributed by atoms with Crippen molar-refractivity contribution in [1.82, 2.24) is 9.97 Å². The first-order valence-electron chi connectivity index (χ1n) is 5.46. The Hall–Kier alpha value is -2.04. The molecular weight excluding hydrogens is 220 g/mol. The number of furan rings is 1. The first-order chi connectivity index (χ1) is 8.13. The van der Waals surface area contributed by atoms with Crippen molar-refractivity contribution in [3.8, 4) is 11.5 Å². The van der Waals surface area contributed by atoms with E-state index in [1.165, 1.54) is 0 Å². The maximum Gasteiger partial charge on any atom is 0.314 e. The number of hydrogen-bond acceptors (Lipinski definition) is 3. The topological polar surface area (TPSA) is 79.1 Å². The summed E-state index contributed by atoms with van der Waals surface area (Å²) in [6.07, 6.45) is 2.07. The summed E-state index contributed by atoms with van der Waals surface area (Å²) in [6, 6.07) is 3.58. The van der Waals surface area contributed by atoms with E-state index in [4.69, 9.17) is 9.52 Å². The maximum atomic E-state index is 11.1. The van der Waals surface area contributed by atoms with Crippen LogP contribution in [-0.2, 0) is 4.79 Å². The van der Waals surface area contributed by atoms with Crippen LogP contribution >= 0.6 is 0 Å². The summed E-state index contributed by atoms with van der Waals surface area (Å²) in [5.41, 5.74) is 1.49. The average molecular weight is 234 g/mol. The summed E-state index contributed by atoms with van der Waals surface area (Å²) in [5.74, 6) is -0.348. The first-order valence-corrected chi connectivity index (χ1v) is 5.46. The van der Waals surface area contributed by atoms with Gasteiger partial charge in [0.05, 0.1) is 6.26 Å². The quantitative estimate of drug-likeness (QED) is 0.852. The number of carboxylic acid groups (broad SMARTS) is 1. The van der Waals surface area contributed by atoms with E-state index >= 15 is 0 Å². The molecule has 1 unspecified atom stereocenters. The number of hydrogen-bond donors (Lipinski definition) is 2. The van der Waals surface area contributed by atoms with Crippen molar-refractivity contribution < 1.29 is 14.3 Å². The minimum atomic E-state index is -0.868. The molecule has 0 bridgehead atoms. The van der Waals surface area contributed by atoms with Gasteiger partial charge in [-0.05, 0) is 25.5 Å². The standard InChI is InChI=1S/C12H14N2O3/c1-3-8(12(15)16)11-13-7(2)10(14-11)9-5-4-6-17-9/h4-6,8H,3H2,1-2H3,(H,13,14)(H,15,16). The lowest BCUT2D eigenvalue weighted by Gasteiger charge is -2.04. The lowest BCUT2D eigenvalue weighted by Crippen LogP contribution is -2.12. The minimum absolute atomic E-state index is 0.476. The van der Waals surface area contributed by atoms with Gasteiger partial charge >= 0.3 is 5.97 Å². The second kappa shape index (κ2) is 4.45. The molecule has 0 fully saturated rings. The molecule has 90 valence electrons. The van der Waals surface area contributed by atoms with E-state index in [2.05, 4.69) is 9.97 Å². The molecule has 5 heteroatoms. The van der Waals surface area contributed by atoms with Gasteiger partial charge in [0.15, 0.2) is 5.76 Å². The second-order valence-electron chi connectivity index (χ2n) is 3.87. The highest BCUT2D eigenvalue weighted by Gasteiger charge is 2.23. The number of aliphatic carboxylic acids is 1. The lowest BCUT2D eigenvalue weighted by molar-refractivity contribution is -0.139. The van der Waals surface area contributed by atoms with E-state index < -0.39 is 11.9 Å². The Labute approximate surface area is 98.5 Å². The van der Waals surface area contributed by atoms with Crippen LogP contribution in [-0.4, -0.2) is 21.0 Å². The monoisotopic (exact) mass is 234 g/mol. The van der Waals surface area contributed by atoms with Crippen LogP contribution in [0.2, 0.25) is 0 Å². The van der Waals surface area contributed by atoms with Crippen LogP contribution in [0, 0.1) is 6.92 Å². The Morgan fingerprint density at radius 2 is 2.41 bits per heavy atom. The van der Waals surface area contributed by atoms with Crippen molar-refractivity contribution in [3.05, 3.63) is 29.9 Å². The summed E-state index contributed by atoms with van der Waals surface area (Å²) in [4.78, 5) is 18.4. The van der Waals surface area contributed by atoms with Gasteiger partial charge in [-0.2, -0.15) is 0 Å². The number of imidazole rings is 1. The molecule has 0 radical (unpaired) electrons. The lowest BCUT2D eigenvalue weighted by atomic mass is 10.1. The molecule has 0 aliphatic rings. The van der Waals surface area contributed by atoms with E-state index in [1.54, 1.807) is 18.4 Å². The number of nitrogens with one attached hydrogen (secondary N) is 1. The van der Waals surface area contributed by atoms with Crippen molar-refractivity contribution in [1.29, 1.82) is 0 Å². The number of rotatable bonds is 4. The van der Waals surface area contributed by atoms with Gasteiger partial charge in [0.25, 0.3) is 0 Å². The zero-order chi connectivity index (χ0) is 12.4. The third kappa shape index (κ3) is 2.08. The molecule has 0 aromatic carbocycles. The molecular formula is C12H14N2O3. The summed E-state index contributed by atoms with van der Waals surface area (Å²) < 4.78 is 5.26. The van der Waals surface area contributed by atoms with Crippen molar-refractivity contribution in [2.75, 3.05) is 0 Å². The molecule has 2 aromatic rings. The maximum absolute atomic E-state index is 11.1. The Morgan fingerprint density at radius 1 is 1.65 bits per heavy atom. The highest BCUT2D eigenvalue weighted by Crippen LogP contribution is 2.25. The van der Waals surface area contributed by atoms with Gasteiger partial charge in [-0.3, -0.25) is 4.79 Å². The largest absolute Gasteiger partial charge is 0.481 e. The molecule has 0 aliphatic carbocycles. The Bertz CT molecular complexity index is 514. The predicted molar refractivity (Wildman–Crippen MR) is 61.7 cm³/mol. The number of aromatic amines is 1. The minimum Gasteiger partial charge on any atom is -0.481 e. The summed E-state index contributed by atoms with van der Waals surface area (Å²) in [6.45, 7) is 3.67. The van der Waals surface area contributed by atoms with Crippen molar-refractivity contribution >= 4 is 5.97 Å². The number of H-pyrrole nitrogens is 1. The second-order valence-corrected chi connectivity index (χ2v) is 3.87. The molecule has 2 rings (SSSR count). The van der Waals surface area contributed by atoms with Crippen LogP contribution in [0.4, 0.5) is 0 Å². The predicted octanol–water partition coefficient (Wildman–Crippen LogP) is 2.56. The first kappa shape index (κ1) is 11.4. The zero-order valence-electron chi connectivity index (χ0n) is 9.73. The number of aromatic nitrogens is 2. The van der Waals surface area contributed by atoms with Crippen LogP contribution in [0.5, 0.6) is 0 Å². The van der Waals surface area contributed by atoms with Crippen LogP contribution in [0.3, 0.4) is 0 Å². The molecule has 0 saturated heterocycles. The number of aryl methyl sites for hydroxylation is 1. The van der Waals surface area contributed by atoms with Gasteiger partial charge in [-0.1, -0.05) is 6.92 Å². The van der Waals surface area contributed by atoms with E-state index in [1.807, 2.05) is 13.8 Å². The van der Waals surface area contributed by atoms with E-state index in [0.717, 1.165) is 5.69 Å². The fraction of sp³-hybridized carbons (Fsp3) is 0.333. The third-order valence-electron chi connectivity index (χ3n) is 2.69.